The van der Waals surface area contributed by atoms with Gasteiger partial charge in [0, 0.05) is 12.3 Å². The molecule has 0 unspecified atom stereocenters. The Kier molecular flexibility index (Phi) is 2.26. The number of aromatic amines is 1. The number of aromatic hydroxyl groups is 1. The number of phenols is 1. The third kappa shape index (κ3) is 1.69. The SMILES string of the molecule is Cc1cnc2nc(-c3ccc(F)cc3O)[nH]c2c1. The monoisotopic (exact) mass is 243 g/mol. The molecule has 0 fully saturated rings. The molecule has 1 aromatic carbocycles. The van der Waals surface area contributed by atoms with Crippen molar-refractivity contribution >= 4 is 11.2 Å². The lowest BCUT2D eigenvalue weighted by molar-refractivity contribution is 0.471. The molecule has 0 aliphatic rings. The maximum absolute atomic E-state index is 12.9. The fourth-order valence-corrected chi connectivity index (χ4v) is 1.84. The van der Waals surface area contributed by atoms with Gasteiger partial charge < -0.3 is 10.1 Å². The second kappa shape index (κ2) is 3.80. The highest BCUT2D eigenvalue weighted by Gasteiger charge is 2.10. The smallest absolute Gasteiger partial charge is 0.178 e. The van der Waals surface area contributed by atoms with Crippen LogP contribution in [0.25, 0.3) is 22.6 Å². The molecule has 0 radical (unpaired) electrons. The van der Waals surface area contributed by atoms with Crippen molar-refractivity contribution in [2.24, 2.45) is 0 Å². The lowest BCUT2D eigenvalue weighted by Crippen LogP contribution is -1.83. The molecule has 0 saturated carbocycles. The zero-order valence-electron chi connectivity index (χ0n) is 9.61. The molecule has 3 aromatic rings. The molecule has 18 heavy (non-hydrogen) atoms. The molecule has 0 saturated heterocycles. The van der Waals surface area contributed by atoms with Crippen LogP contribution in [0, 0.1) is 12.7 Å². The van der Waals surface area contributed by atoms with Crippen molar-refractivity contribution in [2.45, 2.75) is 6.92 Å². The Labute approximate surface area is 102 Å². The van der Waals surface area contributed by atoms with Crippen molar-refractivity contribution in [1.29, 1.82) is 0 Å². The number of nitrogens with one attached hydrogen (secondary N) is 1. The van der Waals surface area contributed by atoms with Crippen molar-refractivity contribution < 1.29 is 9.50 Å². The third-order valence-electron chi connectivity index (χ3n) is 2.69. The van der Waals surface area contributed by atoms with Crippen LogP contribution in [0.1, 0.15) is 5.56 Å². The summed E-state index contributed by atoms with van der Waals surface area (Å²) in [4.78, 5) is 11.5. The van der Waals surface area contributed by atoms with Gasteiger partial charge in [0.15, 0.2) is 5.65 Å². The number of aromatic nitrogens is 3. The van der Waals surface area contributed by atoms with E-state index in [-0.39, 0.29) is 5.75 Å². The minimum Gasteiger partial charge on any atom is -0.507 e. The minimum absolute atomic E-state index is 0.147. The Morgan fingerprint density at radius 2 is 2.11 bits per heavy atom. The number of fused-ring (bicyclic) bond motifs is 1. The Bertz CT molecular complexity index is 736. The van der Waals surface area contributed by atoms with Crippen molar-refractivity contribution in [3.05, 3.63) is 41.8 Å². The molecule has 4 nitrogen and oxygen atoms in total. The van der Waals surface area contributed by atoms with Gasteiger partial charge in [-0.25, -0.2) is 14.4 Å². The fraction of sp³-hybridized carbons (Fsp3) is 0.0769. The number of hydrogen-bond acceptors (Lipinski definition) is 3. The predicted octanol–water partition coefficient (Wildman–Crippen LogP) is 2.78. The average molecular weight is 243 g/mol. The van der Waals surface area contributed by atoms with E-state index in [1.54, 1.807) is 6.20 Å². The van der Waals surface area contributed by atoms with Crippen LogP contribution in [-0.2, 0) is 0 Å². The summed E-state index contributed by atoms with van der Waals surface area (Å²) in [6.45, 7) is 1.93. The molecule has 2 aromatic heterocycles. The number of phenolic OH excluding ortho intramolecular Hbond substituents is 1. The average Bonchev–Trinajstić information content (AvgIpc) is 2.71. The normalized spacial score (nSPS) is 11.0. The first kappa shape index (κ1) is 10.7. The molecule has 2 heterocycles. The van der Waals surface area contributed by atoms with Crippen LogP contribution in [0.2, 0.25) is 0 Å². The maximum Gasteiger partial charge on any atom is 0.178 e. The van der Waals surface area contributed by atoms with Crippen molar-refractivity contribution in [3.63, 3.8) is 0 Å². The molecule has 2 N–H and O–H groups in total. The first-order valence-electron chi connectivity index (χ1n) is 5.45. The molecule has 0 bridgehead atoms. The molecule has 5 heteroatoms. The molecule has 0 atom stereocenters. The second-order valence-corrected chi connectivity index (χ2v) is 4.13. The third-order valence-corrected chi connectivity index (χ3v) is 2.69. The summed E-state index contributed by atoms with van der Waals surface area (Å²) in [6, 6.07) is 5.73. The lowest BCUT2D eigenvalue weighted by Gasteiger charge is -2.00. The van der Waals surface area contributed by atoms with Gasteiger partial charge in [-0.05, 0) is 30.7 Å². The van der Waals surface area contributed by atoms with E-state index in [4.69, 9.17) is 0 Å². The highest BCUT2D eigenvalue weighted by Crippen LogP contribution is 2.28. The first-order chi connectivity index (χ1) is 8.63. The molecule has 90 valence electrons. The van der Waals surface area contributed by atoms with Gasteiger partial charge in [0.25, 0.3) is 0 Å². The molecule has 0 amide bonds. The largest absolute Gasteiger partial charge is 0.507 e. The van der Waals surface area contributed by atoms with E-state index < -0.39 is 5.82 Å². The van der Waals surface area contributed by atoms with E-state index in [0.717, 1.165) is 17.1 Å². The number of imidazole rings is 1. The summed E-state index contributed by atoms with van der Waals surface area (Å²) in [5.41, 5.74) is 2.82. The number of aryl methyl sites for hydroxylation is 1. The van der Waals surface area contributed by atoms with E-state index in [9.17, 15) is 9.50 Å². The molecular formula is C13H10FN3O. The van der Waals surface area contributed by atoms with Gasteiger partial charge in [-0.2, -0.15) is 0 Å². The molecule has 0 aliphatic carbocycles. The molecule has 0 aliphatic heterocycles. The van der Waals surface area contributed by atoms with E-state index in [2.05, 4.69) is 15.0 Å². The zero-order valence-corrected chi connectivity index (χ0v) is 9.61. The highest BCUT2D eigenvalue weighted by atomic mass is 19.1. The number of hydrogen-bond donors (Lipinski definition) is 2. The summed E-state index contributed by atoms with van der Waals surface area (Å²) in [5, 5.41) is 9.70. The summed E-state index contributed by atoms with van der Waals surface area (Å²) in [7, 11) is 0. The van der Waals surface area contributed by atoms with Gasteiger partial charge in [0.1, 0.15) is 17.4 Å². The lowest BCUT2D eigenvalue weighted by atomic mass is 10.2. The Balaban J connectivity index is 2.19. The highest BCUT2D eigenvalue weighted by molar-refractivity contribution is 5.77. The van der Waals surface area contributed by atoms with Gasteiger partial charge in [0.2, 0.25) is 0 Å². The number of H-pyrrole nitrogens is 1. The number of benzene rings is 1. The predicted molar refractivity (Wildman–Crippen MR) is 65.7 cm³/mol. The van der Waals surface area contributed by atoms with Gasteiger partial charge in [-0.1, -0.05) is 0 Å². The van der Waals surface area contributed by atoms with Gasteiger partial charge in [0.05, 0.1) is 11.1 Å². The number of halogens is 1. The summed E-state index contributed by atoms with van der Waals surface area (Å²) in [5.74, 6) is -0.160. The topological polar surface area (TPSA) is 61.8 Å². The number of pyridine rings is 1. The summed E-state index contributed by atoms with van der Waals surface area (Å²) >= 11 is 0. The molecular weight excluding hydrogens is 233 g/mol. The van der Waals surface area contributed by atoms with Gasteiger partial charge in [-0.15, -0.1) is 0 Å². The van der Waals surface area contributed by atoms with Crippen LogP contribution in [-0.4, -0.2) is 20.1 Å². The Hall–Kier alpha value is -2.43. The van der Waals surface area contributed by atoms with Crippen LogP contribution < -0.4 is 0 Å². The number of nitrogens with zero attached hydrogens (tertiary/aromatic N) is 2. The quantitative estimate of drug-likeness (QED) is 0.690. The zero-order chi connectivity index (χ0) is 12.7. The van der Waals surface area contributed by atoms with Crippen LogP contribution in [0.5, 0.6) is 5.75 Å². The first-order valence-corrected chi connectivity index (χ1v) is 5.45. The summed E-state index contributed by atoms with van der Waals surface area (Å²) < 4.78 is 12.9. The number of rotatable bonds is 1. The molecule has 3 rings (SSSR count). The van der Waals surface area contributed by atoms with Crippen LogP contribution >= 0.6 is 0 Å². The minimum atomic E-state index is -0.485. The van der Waals surface area contributed by atoms with Crippen LogP contribution in [0.15, 0.2) is 30.5 Å². The van der Waals surface area contributed by atoms with E-state index >= 15 is 0 Å². The van der Waals surface area contributed by atoms with Crippen molar-refractivity contribution in [1.82, 2.24) is 15.0 Å². The molecule has 0 spiro atoms. The second-order valence-electron chi connectivity index (χ2n) is 4.13. The fourth-order valence-electron chi connectivity index (χ4n) is 1.84. The standard InChI is InChI=1S/C13H10FN3O/c1-7-4-10-13(15-6-7)17-12(16-10)9-3-2-8(14)5-11(9)18/h2-6,18H,1H3,(H,15,16,17). The van der Waals surface area contributed by atoms with E-state index in [0.29, 0.717) is 17.0 Å². The summed E-state index contributed by atoms with van der Waals surface area (Å²) in [6.07, 6.45) is 1.72. The van der Waals surface area contributed by atoms with Gasteiger partial charge in [-0.3, -0.25) is 0 Å². The van der Waals surface area contributed by atoms with Gasteiger partial charge >= 0.3 is 0 Å². The van der Waals surface area contributed by atoms with Crippen LogP contribution in [0.3, 0.4) is 0 Å². The van der Waals surface area contributed by atoms with E-state index in [1.165, 1.54) is 12.1 Å². The van der Waals surface area contributed by atoms with Crippen molar-refractivity contribution in [2.75, 3.05) is 0 Å². The van der Waals surface area contributed by atoms with Crippen molar-refractivity contribution in [3.8, 4) is 17.1 Å². The maximum atomic E-state index is 12.9. The van der Waals surface area contributed by atoms with E-state index in [1.807, 2.05) is 13.0 Å². The van der Waals surface area contributed by atoms with Crippen LogP contribution in [0.4, 0.5) is 4.39 Å². The Morgan fingerprint density at radius 1 is 1.28 bits per heavy atom. The Morgan fingerprint density at radius 3 is 2.89 bits per heavy atom.